The average molecular weight is 186 g/mol. The van der Waals surface area contributed by atoms with E-state index in [1.165, 1.54) is 6.42 Å². The fourth-order valence-electron chi connectivity index (χ4n) is 1.68. The molecular formula is C10H22N2O. The van der Waals surface area contributed by atoms with Gasteiger partial charge in [-0.3, -0.25) is 0 Å². The van der Waals surface area contributed by atoms with Crippen molar-refractivity contribution in [3.8, 4) is 0 Å². The summed E-state index contributed by atoms with van der Waals surface area (Å²) in [6.07, 6.45) is 2.35. The largest absolute Gasteiger partial charge is 0.382 e. The predicted molar refractivity (Wildman–Crippen MR) is 55.0 cm³/mol. The van der Waals surface area contributed by atoms with Gasteiger partial charge in [-0.1, -0.05) is 0 Å². The maximum atomic E-state index is 5.28. The second kappa shape index (κ2) is 5.58. The van der Waals surface area contributed by atoms with Crippen LogP contribution in [0.1, 0.15) is 26.7 Å². The van der Waals surface area contributed by atoms with Crippen molar-refractivity contribution in [2.75, 3.05) is 32.8 Å². The minimum absolute atomic E-state index is 0.326. The van der Waals surface area contributed by atoms with Crippen LogP contribution in [0.3, 0.4) is 0 Å². The molecule has 1 heterocycles. The Hall–Kier alpha value is -0.120. The summed E-state index contributed by atoms with van der Waals surface area (Å²) in [5.74, 6) is 0. The molecular weight excluding hydrogens is 164 g/mol. The molecule has 0 aromatic heterocycles. The first-order chi connectivity index (χ1) is 6.27. The van der Waals surface area contributed by atoms with Crippen molar-refractivity contribution in [2.45, 2.75) is 32.2 Å². The fraction of sp³-hybridized carbons (Fsp3) is 1.00. The highest BCUT2D eigenvalue weighted by Gasteiger charge is 2.26. The van der Waals surface area contributed by atoms with Crippen LogP contribution >= 0.6 is 0 Å². The van der Waals surface area contributed by atoms with E-state index in [9.17, 15) is 0 Å². The molecule has 0 amide bonds. The third kappa shape index (κ3) is 4.07. The molecule has 3 nitrogen and oxygen atoms in total. The highest BCUT2D eigenvalue weighted by molar-refractivity contribution is 4.91. The van der Waals surface area contributed by atoms with Crippen LogP contribution in [0, 0.1) is 0 Å². The van der Waals surface area contributed by atoms with Crippen LogP contribution in [0.15, 0.2) is 0 Å². The second-order valence-corrected chi connectivity index (χ2v) is 3.96. The summed E-state index contributed by atoms with van der Waals surface area (Å²) >= 11 is 0. The Morgan fingerprint density at radius 1 is 1.54 bits per heavy atom. The molecule has 3 heteroatoms. The van der Waals surface area contributed by atoms with Crippen molar-refractivity contribution >= 4 is 0 Å². The summed E-state index contributed by atoms with van der Waals surface area (Å²) < 4.78 is 5.28. The first-order valence-electron chi connectivity index (χ1n) is 5.30. The van der Waals surface area contributed by atoms with E-state index in [1.807, 2.05) is 6.92 Å². The Kier molecular flexibility index (Phi) is 4.70. The van der Waals surface area contributed by atoms with Crippen LogP contribution in [0.5, 0.6) is 0 Å². The normalized spacial score (nSPS) is 28.2. The fourth-order valence-corrected chi connectivity index (χ4v) is 1.68. The summed E-state index contributed by atoms with van der Waals surface area (Å²) in [4.78, 5) is 0. The van der Waals surface area contributed by atoms with Crippen LogP contribution < -0.4 is 10.6 Å². The molecule has 1 aliphatic heterocycles. The molecule has 2 N–H and O–H groups in total. The molecule has 1 unspecified atom stereocenters. The molecule has 13 heavy (non-hydrogen) atoms. The summed E-state index contributed by atoms with van der Waals surface area (Å²) in [6.45, 7) is 9.35. The van der Waals surface area contributed by atoms with E-state index >= 15 is 0 Å². The topological polar surface area (TPSA) is 33.3 Å². The molecule has 0 spiro atoms. The van der Waals surface area contributed by atoms with Gasteiger partial charge in [0.05, 0.1) is 0 Å². The van der Waals surface area contributed by atoms with Gasteiger partial charge in [0.25, 0.3) is 0 Å². The molecule has 78 valence electrons. The van der Waals surface area contributed by atoms with Gasteiger partial charge < -0.3 is 15.4 Å². The molecule has 0 aromatic carbocycles. The summed E-state index contributed by atoms with van der Waals surface area (Å²) in [6, 6.07) is 0. The zero-order chi connectivity index (χ0) is 9.57. The first-order valence-corrected chi connectivity index (χ1v) is 5.30. The van der Waals surface area contributed by atoms with E-state index in [0.717, 1.165) is 39.3 Å². The zero-order valence-corrected chi connectivity index (χ0v) is 8.86. The van der Waals surface area contributed by atoms with Gasteiger partial charge in [-0.25, -0.2) is 0 Å². The number of hydrogen-bond acceptors (Lipinski definition) is 3. The molecule has 0 aromatic rings. The summed E-state index contributed by atoms with van der Waals surface area (Å²) in [5.41, 5.74) is 0.326. The van der Waals surface area contributed by atoms with Gasteiger partial charge in [-0.2, -0.15) is 0 Å². The summed E-state index contributed by atoms with van der Waals surface area (Å²) in [7, 11) is 0. The maximum absolute atomic E-state index is 5.28. The predicted octanol–water partition coefficient (Wildman–Crippen LogP) is 0.755. The van der Waals surface area contributed by atoms with Gasteiger partial charge in [0.1, 0.15) is 0 Å². The lowest BCUT2D eigenvalue weighted by Crippen LogP contribution is -2.44. The highest BCUT2D eigenvalue weighted by Crippen LogP contribution is 2.12. The maximum Gasteiger partial charge on any atom is 0.0477 e. The van der Waals surface area contributed by atoms with E-state index in [2.05, 4.69) is 17.6 Å². The van der Waals surface area contributed by atoms with Crippen LogP contribution in [0.2, 0.25) is 0 Å². The van der Waals surface area contributed by atoms with Crippen molar-refractivity contribution in [3.63, 3.8) is 0 Å². The van der Waals surface area contributed by atoms with E-state index in [4.69, 9.17) is 4.74 Å². The third-order valence-corrected chi connectivity index (χ3v) is 2.59. The van der Waals surface area contributed by atoms with Crippen molar-refractivity contribution in [1.82, 2.24) is 10.6 Å². The van der Waals surface area contributed by atoms with E-state index < -0.39 is 0 Å². The van der Waals surface area contributed by atoms with Crippen molar-refractivity contribution < 1.29 is 4.74 Å². The van der Waals surface area contributed by atoms with E-state index in [0.29, 0.717) is 5.54 Å². The first kappa shape index (κ1) is 11.0. The Labute approximate surface area is 81.2 Å². The van der Waals surface area contributed by atoms with Crippen molar-refractivity contribution in [1.29, 1.82) is 0 Å². The third-order valence-electron chi connectivity index (χ3n) is 2.59. The highest BCUT2D eigenvalue weighted by atomic mass is 16.5. The Morgan fingerprint density at radius 2 is 2.38 bits per heavy atom. The molecule has 0 aliphatic carbocycles. The molecule has 0 saturated carbocycles. The molecule has 1 rings (SSSR count). The Balaban J connectivity index is 1.98. The number of nitrogens with one attached hydrogen (secondary N) is 2. The van der Waals surface area contributed by atoms with Gasteiger partial charge in [0.15, 0.2) is 0 Å². The molecule has 0 bridgehead atoms. The number of ether oxygens (including phenoxy) is 1. The lowest BCUT2D eigenvalue weighted by Gasteiger charge is -2.24. The van der Waals surface area contributed by atoms with Crippen molar-refractivity contribution in [2.24, 2.45) is 0 Å². The smallest absolute Gasteiger partial charge is 0.0477 e. The molecule has 1 atom stereocenters. The minimum Gasteiger partial charge on any atom is -0.382 e. The lowest BCUT2D eigenvalue weighted by molar-refractivity contribution is 0.142. The molecule has 0 radical (unpaired) electrons. The monoisotopic (exact) mass is 186 g/mol. The number of hydrogen-bond donors (Lipinski definition) is 2. The van der Waals surface area contributed by atoms with Crippen molar-refractivity contribution in [3.05, 3.63) is 0 Å². The van der Waals surface area contributed by atoms with Gasteiger partial charge in [0, 0.05) is 25.3 Å². The second-order valence-electron chi connectivity index (χ2n) is 3.96. The quantitative estimate of drug-likeness (QED) is 0.601. The van der Waals surface area contributed by atoms with Gasteiger partial charge in [-0.15, -0.1) is 0 Å². The van der Waals surface area contributed by atoms with Crippen LogP contribution in [-0.4, -0.2) is 38.4 Å². The lowest BCUT2D eigenvalue weighted by atomic mass is 10.0. The van der Waals surface area contributed by atoms with Crippen LogP contribution in [0.25, 0.3) is 0 Å². The van der Waals surface area contributed by atoms with E-state index in [-0.39, 0.29) is 0 Å². The molecule has 1 saturated heterocycles. The van der Waals surface area contributed by atoms with E-state index in [1.54, 1.807) is 0 Å². The Morgan fingerprint density at radius 3 is 3.00 bits per heavy atom. The van der Waals surface area contributed by atoms with Crippen LogP contribution in [-0.2, 0) is 4.74 Å². The van der Waals surface area contributed by atoms with Gasteiger partial charge in [-0.05, 0) is 39.8 Å². The molecule has 1 aliphatic rings. The van der Waals surface area contributed by atoms with Crippen LogP contribution in [0.4, 0.5) is 0 Å². The van der Waals surface area contributed by atoms with Gasteiger partial charge in [0.2, 0.25) is 0 Å². The average Bonchev–Trinajstić information content (AvgIpc) is 2.53. The standard InChI is InChI=1S/C10H22N2O/c1-3-13-8-4-6-12-10(2)5-7-11-9-10/h11-12H,3-9H2,1-2H3. The Bertz CT molecular complexity index is 133. The zero-order valence-electron chi connectivity index (χ0n) is 8.86. The molecule has 1 fully saturated rings. The number of rotatable bonds is 6. The minimum atomic E-state index is 0.326. The summed E-state index contributed by atoms with van der Waals surface area (Å²) in [5, 5.41) is 6.95. The van der Waals surface area contributed by atoms with Gasteiger partial charge >= 0.3 is 0 Å². The SMILES string of the molecule is CCOCCCNC1(C)CCNC1.